The zero-order valence-corrected chi connectivity index (χ0v) is 13.0. The maximum absolute atomic E-state index is 12.7. The van der Waals surface area contributed by atoms with Gasteiger partial charge >= 0.3 is 6.18 Å². The Bertz CT molecular complexity index is 531. The molecule has 1 aliphatic heterocycles. The average Bonchev–Trinajstić information content (AvgIpc) is 2.53. The number of benzene rings is 1. The summed E-state index contributed by atoms with van der Waals surface area (Å²) in [4.78, 5) is 13.6. The van der Waals surface area contributed by atoms with Crippen LogP contribution in [0.4, 0.5) is 13.2 Å². The Morgan fingerprint density at radius 2 is 2.13 bits per heavy atom. The molecule has 6 heteroatoms. The number of nitrogens with zero attached hydrogens (tertiary/aromatic N) is 1. The lowest BCUT2D eigenvalue weighted by molar-refractivity contribution is -0.137. The second-order valence-corrected chi connectivity index (χ2v) is 6.06. The number of aliphatic hydroxyl groups is 1. The predicted octanol–water partition coefficient (Wildman–Crippen LogP) is 3.26. The summed E-state index contributed by atoms with van der Waals surface area (Å²) >= 11 is 0. The molecule has 0 aliphatic carbocycles. The number of carbonyl (C=O) groups excluding carboxylic acids is 1. The van der Waals surface area contributed by atoms with Crippen LogP contribution in [0.3, 0.4) is 0 Å². The first-order valence-corrected chi connectivity index (χ1v) is 7.95. The van der Waals surface area contributed by atoms with E-state index in [1.165, 1.54) is 12.1 Å². The largest absolute Gasteiger partial charge is 0.416 e. The summed E-state index contributed by atoms with van der Waals surface area (Å²) in [5.41, 5.74) is 0.0667. The summed E-state index contributed by atoms with van der Waals surface area (Å²) in [7, 11) is 0. The van der Waals surface area contributed by atoms with Gasteiger partial charge in [-0.05, 0) is 43.2 Å². The quantitative estimate of drug-likeness (QED) is 0.901. The van der Waals surface area contributed by atoms with Crippen LogP contribution < -0.4 is 0 Å². The highest BCUT2D eigenvalue weighted by Crippen LogP contribution is 2.30. The van der Waals surface area contributed by atoms with Crippen molar-refractivity contribution in [3.63, 3.8) is 0 Å². The maximum Gasteiger partial charge on any atom is 0.416 e. The van der Waals surface area contributed by atoms with Gasteiger partial charge in [0.2, 0.25) is 5.91 Å². The Morgan fingerprint density at radius 1 is 1.35 bits per heavy atom. The third-order valence-electron chi connectivity index (χ3n) is 4.29. The van der Waals surface area contributed by atoms with Crippen LogP contribution in [-0.2, 0) is 17.4 Å². The van der Waals surface area contributed by atoms with Gasteiger partial charge in [0.1, 0.15) is 0 Å². The molecule has 2 rings (SSSR count). The molecule has 23 heavy (non-hydrogen) atoms. The van der Waals surface area contributed by atoms with E-state index in [-0.39, 0.29) is 18.9 Å². The van der Waals surface area contributed by atoms with E-state index in [1.54, 1.807) is 11.0 Å². The van der Waals surface area contributed by atoms with Crippen LogP contribution in [0.1, 0.15) is 36.8 Å². The maximum atomic E-state index is 12.7. The SMILES string of the molecule is O=C(CCO)N1CCC[C@@H](CCc2cccc(C(F)(F)F)c2)C1. The van der Waals surface area contributed by atoms with Crippen LogP contribution in [0.15, 0.2) is 24.3 Å². The van der Waals surface area contributed by atoms with E-state index in [0.717, 1.165) is 25.3 Å². The number of alkyl halides is 3. The average molecular weight is 329 g/mol. The summed E-state index contributed by atoms with van der Waals surface area (Å²) in [6.45, 7) is 1.20. The number of aryl methyl sites for hydroxylation is 1. The van der Waals surface area contributed by atoms with Gasteiger partial charge in [0, 0.05) is 19.5 Å². The van der Waals surface area contributed by atoms with Crippen molar-refractivity contribution in [3.05, 3.63) is 35.4 Å². The van der Waals surface area contributed by atoms with E-state index in [9.17, 15) is 18.0 Å². The monoisotopic (exact) mass is 329 g/mol. The number of amides is 1. The summed E-state index contributed by atoms with van der Waals surface area (Å²) in [6.07, 6.45) is -0.929. The predicted molar refractivity (Wildman–Crippen MR) is 80.8 cm³/mol. The molecule has 0 bridgehead atoms. The van der Waals surface area contributed by atoms with E-state index in [0.29, 0.717) is 31.0 Å². The highest BCUT2D eigenvalue weighted by Gasteiger charge is 2.30. The molecular weight excluding hydrogens is 307 g/mol. The van der Waals surface area contributed by atoms with E-state index >= 15 is 0 Å². The first kappa shape index (κ1) is 17.8. The molecular formula is C17H22F3NO2. The van der Waals surface area contributed by atoms with Gasteiger partial charge in [0.25, 0.3) is 0 Å². The van der Waals surface area contributed by atoms with E-state index in [1.807, 2.05) is 0 Å². The molecule has 1 N–H and O–H groups in total. The number of likely N-dealkylation sites (tertiary alicyclic amines) is 1. The minimum absolute atomic E-state index is 0.0451. The van der Waals surface area contributed by atoms with E-state index in [2.05, 4.69) is 0 Å². The van der Waals surface area contributed by atoms with Crippen molar-refractivity contribution < 1.29 is 23.1 Å². The van der Waals surface area contributed by atoms with Crippen LogP contribution in [0.25, 0.3) is 0 Å². The van der Waals surface area contributed by atoms with Crippen molar-refractivity contribution in [2.24, 2.45) is 5.92 Å². The minimum Gasteiger partial charge on any atom is -0.396 e. The van der Waals surface area contributed by atoms with Crippen LogP contribution in [0.2, 0.25) is 0 Å². The molecule has 3 nitrogen and oxygen atoms in total. The number of hydrogen-bond acceptors (Lipinski definition) is 2. The summed E-state index contributed by atoms with van der Waals surface area (Å²) in [5.74, 6) is 0.261. The van der Waals surface area contributed by atoms with Gasteiger partial charge in [-0.15, -0.1) is 0 Å². The fraction of sp³-hybridized carbons (Fsp3) is 0.588. The van der Waals surface area contributed by atoms with Crippen LogP contribution in [-0.4, -0.2) is 35.6 Å². The van der Waals surface area contributed by atoms with Crippen molar-refractivity contribution >= 4 is 5.91 Å². The molecule has 1 fully saturated rings. The second-order valence-electron chi connectivity index (χ2n) is 6.06. The highest BCUT2D eigenvalue weighted by atomic mass is 19.4. The third kappa shape index (κ3) is 5.23. The number of rotatable bonds is 5. The molecule has 1 aromatic rings. The molecule has 1 heterocycles. The molecule has 0 spiro atoms. The zero-order chi connectivity index (χ0) is 16.9. The molecule has 0 saturated carbocycles. The topological polar surface area (TPSA) is 40.5 Å². The summed E-state index contributed by atoms with van der Waals surface area (Å²) in [5, 5.41) is 8.84. The molecule has 1 saturated heterocycles. The molecule has 0 aromatic heterocycles. The van der Waals surface area contributed by atoms with Gasteiger partial charge < -0.3 is 10.0 Å². The third-order valence-corrected chi connectivity index (χ3v) is 4.29. The zero-order valence-electron chi connectivity index (χ0n) is 13.0. The molecule has 1 aliphatic rings. The lowest BCUT2D eigenvalue weighted by Crippen LogP contribution is -2.40. The van der Waals surface area contributed by atoms with Gasteiger partial charge in [-0.2, -0.15) is 13.2 Å². The molecule has 128 valence electrons. The molecule has 0 unspecified atom stereocenters. The van der Waals surface area contributed by atoms with Gasteiger partial charge in [-0.3, -0.25) is 4.79 Å². The Hall–Kier alpha value is -1.56. The van der Waals surface area contributed by atoms with Gasteiger partial charge in [0.15, 0.2) is 0 Å². The number of hydrogen-bond donors (Lipinski definition) is 1. The normalized spacial score (nSPS) is 19.0. The number of halogens is 3. The first-order valence-electron chi connectivity index (χ1n) is 7.95. The van der Waals surface area contributed by atoms with Crippen molar-refractivity contribution in [2.45, 2.75) is 38.3 Å². The Morgan fingerprint density at radius 3 is 2.83 bits per heavy atom. The molecule has 0 radical (unpaired) electrons. The van der Waals surface area contributed by atoms with Crippen molar-refractivity contribution in [1.29, 1.82) is 0 Å². The van der Waals surface area contributed by atoms with Crippen LogP contribution in [0, 0.1) is 5.92 Å². The second kappa shape index (κ2) is 7.81. The molecule has 1 amide bonds. The van der Waals surface area contributed by atoms with Gasteiger partial charge in [-0.25, -0.2) is 0 Å². The fourth-order valence-corrected chi connectivity index (χ4v) is 3.05. The molecule has 1 atom stereocenters. The first-order chi connectivity index (χ1) is 10.9. The van der Waals surface area contributed by atoms with Gasteiger partial charge in [-0.1, -0.05) is 18.2 Å². The van der Waals surface area contributed by atoms with E-state index < -0.39 is 11.7 Å². The van der Waals surface area contributed by atoms with Crippen molar-refractivity contribution in [3.8, 4) is 0 Å². The number of carbonyl (C=O) groups is 1. The molecule has 1 aromatic carbocycles. The number of piperidine rings is 1. The Balaban J connectivity index is 1.89. The standard InChI is InChI=1S/C17H22F3NO2/c18-17(19,20)15-5-1-3-13(11-15)6-7-14-4-2-9-21(12-14)16(23)8-10-22/h1,3,5,11,14,22H,2,4,6-10,12H2/t14-/m0/s1. The lowest BCUT2D eigenvalue weighted by atomic mass is 9.91. The number of aliphatic hydroxyl groups excluding tert-OH is 1. The summed E-state index contributed by atoms with van der Waals surface area (Å²) < 4.78 is 38.1. The Labute approximate surface area is 134 Å². The Kier molecular flexibility index (Phi) is 6.04. The van der Waals surface area contributed by atoms with Gasteiger partial charge in [0.05, 0.1) is 12.2 Å². The van der Waals surface area contributed by atoms with E-state index in [4.69, 9.17) is 5.11 Å². The van der Waals surface area contributed by atoms with Crippen LogP contribution in [0.5, 0.6) is 0 Å². The summed E-state index contributed by atoms with van der Waals surface area (Å²) in [6, 6.07) is 5.44. The lowest BCUT2D eigenvalue weighted by Gasteiger charge is -2.33. The minimum atomic E-state index is -4.31. The smallest absolute Gasteiger partial charge is 0.396 e. The van der Waals surface area contributed by atoms with Crippen molar-refractivity contribution in [2.75, 3.05) is 19.7 Å². The van der Waals surface area contributed by atoms with Crippen LogP contribution >= 0.6 is 0 Å². The van der Waals surface area contributed by atoms with Crippen molar-refractivity contribution in [1.82, 2.24) is 4.90 Å². The fourth-order valence-electron chi connectivity index (χ4n) is 3.05. The highest BCUT2D eigenvalue weighted by molar-refractivity contribution is 5.76.